The fourth-order valence-electron chi connectivity index (χ4n) is 2.51. The minimum Gasteiger partial charge on any atom is -0.481 e. The molecule has 0 aliphatic carbocycles. The molecule has 0 bridgehead atoms. The molecular formula is C18H35N5O6. The Morgan fingerprint density at radius 2 is 1.55 bits per heavy atom. The molecule has 168 valence electrons. The van der Waals surface area contributed by atoms with Crippen molar-refractivity contribution in [1.29, 1.82) is 0 Å². The number of carbonyl (C=O) groups excluding carboxylic acids is 2. The lowest BCUT2D eigenvalue weighted by Gasteiger charge is -2.29. The second kappa shape index (κ2) is 12.3. The molecule has 0 aromatic carbocycles. The van der Waals surface area contributed by atoms with E-state index in [1.807, 2.05) is 13.8 Å². The lowest BCUT2D eigenvalue weighted by atomic mass is 10.0. The maximum Gasteiger partial charge on any atom is 0.328 e. The smallest absolute Gasteiger partial charge is 0.328 e. The maximum atomic E-state index is 12.6. The molecule has 0 aromatic heterocycles. The Bertz CT molecular complexity index is 576. The van der Waals surface area contributed by atoms with Gasteiger partial charge in [0.25, 0.3) is 0 Å². The maximum absolute atomic E-state index is 12.6. The summed E-state index contributed by atoms with van der Waals surface area (Å²) in [6.07, 6.45) is -0.265. The van der Waals surface area contributed by atoms with Crippen LogP contribution < -0.4 is 27.0 Å². The number of carboxylic acids is 2. The van der Waals surface area contributed by atoms with Crippen molar-refractivity contribution in [3.8, 4) is 0 Å². The van der Waals surface area contributed by atoms with Crippen LogP contribution in [-0.4, -0.2) is 76.8 Å². The summed E-state index contributed by atoms with van der Waals surface area (Å²) in [5.74, 6) is -3.52. The minimum absolute atomic E-state index is 0.00254. The van der Waals surface area contributed by atoms with E-state index in [4.69, 9.17) is 10.8 Å². The first kappa shape index (κ1) is 26.8. The van der Waals surface area contributed by atoms with E-state index in [9.17, 15) is 24.3 Å². The predicted molar refractivity (Wildman–Crippen MR) is 107 cm³/mol. The molecule has 1 unspecified atom stereocenters. The van der Waals surface area contributed by atoms with Crippen molar-refractivity contribution >= 4 is 23.8 Å². The molecule has 0 heterocycles. The number of nitrogens with two attached hydrogens (primary N) is 1. The first-order valence-electron chi connectivity index (χ1n) is 9.53. The average Bonchev–Trinajstić information content (AvgIpc) is 2.57. The van der Waals surface area contributed by atoms with Gasteiger partial charge in [0.05, 0.1) is 12.1 Å². The van der Waals surface area contributed by atoms with Gasteiger partial charge in [0, 0.05) is 31.1 Å². The molecule has 11 heteroatoms. The third-order valence-corrected chi connectivity index (χ3v) is 3.75. The van der Waals surface area contributed by atoms with E-state index in [-0.39, 0.29) is 32.0 Å². The van der Waals surface area contributed by atoms with Gasteiger partial charge in [-0.15, -0.1) is 0 Å². The van der Waals surface area contributed by atoms with Crippen molar-refractivity contribution < 1.29 is 29.4 Å². The molecular weight excluding hydrogens is 382 g/mol. The van der Waals surface area contributed by atoms with Gasteiger partial charge >= 0.3 is 11.9 Å². The highest BCUT2D eigenvalue weighted by Gasteiger charge is 2.29. The van der Waals surface area contributed by atoms with Gasteiger partial charge in [0.1, 0.15) is 6.04 Å². The SMILES string of the molecule is CC(C)N[C@@H](CN)C(=O)NCC(NC(=O)[C@H](CCC(=O)O)NC(C)(C)C)C(=O)O. The largest absolute Gasteiger partial charge is 0.481 e. The Kier molecular flexibility index (Phi) is 11.4. The predicted octanol–water partition coefficient (Wildman–Crippen LogP) is -1.38. The van der Waals surface area contributed by atoms with Crippen molar-refractivity contribution in [2.75, 3.05) is 13.1 Å². The number of carbonyl (C=O) groups is 4. The Hall–Kier alpha value is -2.24. The Balaban J connectivity index is 5.04. The Morgan fingerprint density at radius 3 is 1.97 bits per heavy atom. The number of hydrogen-bond donors (Lipinski definition) is 7. The summed E-state index contributed by atoms with van der Waals surface area (Å²) in [5.41, 5.74) is 5.06. The fraction of sp³-hybridized carbons (Fsp3) is 0.778. The van der Waals surface area contributed by atoms with Crippen molar-refractivity contribution in [2.45, 2.75) is 77.2 Å². The molecule has 0 saturated carbocycles. The first-order valence-corrected chi connectivity index (χ1v) is 9.53. The van der Waals surface area contributed by atoms with Crippen molar-refractivity contribution in [3.05, 3.63) is 0 Å². The van der Waals surface area contributed by atoms with Crippen LogP contribution in [-0.2, 0) is 19.2 Å². The molecule has 0 aromatic rings. The molecule has 0 radical (unpaired) electrons. The van der Waals surface area contributed by atoms with Crippen molar-refractivity contribution in [3.63, 3.8) is 0 Å². The molecule has 0 rings (SSSR count). The summed E-state index contributed by atoms with van der Waals surface area (Å²) in [7, 11) is 0. The Morgan fingerprint density at radius 1 is 0.966 bits per heavy atom. The average molecular weight is 418 g/mol. The van der Waals surface area contributed by atoms with Gasteiger partial charge in [0.2, 0.25) is 11.8 Å². The van der Waals surface area contributed by atoms with Crippen LogP contribution in [0.2, 0.25) is 0 Å². The highest BCUT2D eigenvalue weighted by molar-refractivity contribution is 5.88. The van der Waals surface area contributed by atoms with Crippen LogP contribution in [0.25, 0.3) is 0 Å². The lowest BCUT2D eigenvalue weighted by Crippen LogP contribution is -2.58. The van der Waals surface area contributed by atoms with Gasteiger partial charge in [-0.05, 0) is 27.2 Å². The van der Waals surface area contributed by atoms with Gasteiger partial charge in [-0.3, -0.25) is 14.4 Å². The zero-order chi connectivity index (χ0) is 22.8. The second-order valence-electron chi connectivity index (χ2n) is 8.13. The quantitative estimate of drug-likeness (QED) is 0.190. The highest BCUT2D eigenvalue weighted by Crippen LogP contribution is 2.07. The molecule has 3 atom stereocenters. The van der Waals surface area contributed by atoms with Crippen molar-refractivity contribution in [2.24, 2.45) is 5.73 Å². The summed E-state index contributed by atoms with van der Waals surface area (Å²) in [5, 5.41) is 29.0. The molecule has 0 saturated heterocycles. The number of aliphatic carboxylic acids is 2. The standard InChI is InChI=1S/C18H35N5O6/c1-10(2)21-12(8-19)15(26)20-9-13(17(28)29)22-16(27)11(6-7-14(24)25)23-18(3,4)5/h10-13,21,23H,6-9,19H2,1-5H3,(H,20,26)(H,22,27)(H,24,25)(H,28,29)/t11-,12-,13?/m0/s1. The summed E-state index contributed by atoms with van der Waals surface area (Å²) < 4.78 is 0. The van der Waals surface area contributed by atoms with Crippen LogP contribution in [0, 0.1) is 0 Å². The number of amides is 2. The van der Waals surface area contributed by atoms with E-state index >= 15 is 0 Å². The van der Waals surface area contributed by atoms with Crippen LogP contribution in [0.1, 0.15) is 47.5 Å². The van der Waals surface area contributed by atoms with Crippen LogP contribution in [0.5, 0.6) is 0 Å². The number of rotatable bonds is 13. The number of nitrogens with one attached hydrogen (secondary N) is 4. The monoisotopic (exact) mass is 417 g/mol. The number of carboxylic acid groups (broad SMARTS) is 2. The van der Waals surface area contributed by atoms with Crippen molar-refractivity contribution in [1.82, 2.24) is 21.3 Å². The molecule has 29 heavy (non-hydrogen) atoms. The third-order valence-electron chi connectivity index (χ3n) is 3.75. The molecule has 11 nitrogen and oxygen atoms in total. The molecule has 2 amide bonds. The lowest BCUT2D eigenvalue weighted by molar-refractivity contribution is -0.143. The van der Waals surface area contributed by atoms with Gasteiger partial charge in [0.15, 0.2) is 0 Å². The zero-order valence-electron chi connectivity index (χ0n) is 17.7. The minimum atomic E-state index is -1.38. The third kappa shape index (κ3) is 12.0. The van der Waals surface area contributed by atoms with Gasteiger partial charge in [-0.25, -0.2) is 4.79 Å². The summed E-state index contributed by atoms with van der Waals surface area (Å²) in [4.78, 5) is 47.1. The van der Waals surface area contributed by atoms with Crippen LogP contribution in [0.15, 0.2) is 0 Å². The normalized spacial score (nSPS) is 14.7. The molecule has 0 aliphatic heterocycles. The summed E-state index contributed by atoms with van der Waals surface area (Å²) in [6, 6.07) is -2.96. The molecule has 0 spiro atoms. The Labute approximate surface area is 171 Å². The van der Waals surface area contributed by atoms with Crippen LogP contribution >= 0.6 is 0 Å². The second-order valence-corrected chi connectivity index (χ2v) is 8.13. The van der Waals surface area contributed by atoms with Gasteiger partial charge < -0.3 is 37.2 Å². The van der Waals surface area contributed by atoms with E-state index in [0.717, 1.165) is 0 Å². The van der Waals surface area contributed by atoms with E-state index in [0.29, 0.717) is 0 Å². The van der Waals surface area contributed by atoms with Gasteiger partial charge in [-0.1, -0.05) is 13.8 Å². The molecule has 0 aliphatic rings. The molecule has 0 fully saturated rings. The van der Waals surface area contributed by atoms with E-state index < -0.39 is 47.4 Å². The topological polar surface area (TPSA) is 183 Å². The van der Waals surface area contributed by atoms with E-state index in [1.54, 1.807) is 20.8 Å². The van der Waals surface area contributed by atoms with E-state index in [2.05, 4.69) is 21.3 Å². The summed E-state index contributed by atoms with van der Waals surface area (Å²) >= 11 is 0. The number of hydrogen-bond acceptors (Lipinski definition) is 7. The van der Waals surface area contributed by atoms with Gasteiger partial charge in [-0.2, -0.15) is 0 Å². The fourth-order valence-corrected chi connectivity index (χ4v) is 2.51. The van der Waals surface area contributed by atoms with Crippen LogP contribution in [0.3, 0.4) is 0 Å². The first-order chi connectivity index (χ1) is 13.3. The van der Waals surface area contributed by atoms with Crippen LogP contribution in [0.4, 0.5) is 0 Å². The summed E-state index contributed by atoms with van der Waals surface area (Å²) in [6.45, 7) is 8.79. The molecule has 8 N–H and O–H groups in total. The zero-order valence-corrected chi connectivity index (χ0v) is 17.7. The van der Waals surface area contributed by atoms with E-state index in [1.165, 1.54) is 0 Å². The highest BCUT2D eigenvalue weighted by atomic mass is 16.4.